The van der Waals surface area contributed by atoms with E-state index in [0.29, 0.717) is 0 Å². The molecule has 0 bridgehead atoms. The molecule has 1 rings (SSSR count). The lowest BCUT2D eigenvalue weighted by atomic mass is 10.2. The van der Waals surface area contributed by atoms with Crippen LogP contribution < -0.4 is 5.32 Å². The highest BCUT2D eigenvalue weighted by Crippen LogP contribution is 2.06. The number of hydrogen-bond donors (Lipinski definition) is 1. The van der Waals surface area contributed by atoms with Gasteiger partial charge in [0.15, 0.2) is 0 Å². The summed E-state index contributed by atoms with van der Waals surface area (Å²) in [7, 11) is 0. The van der Waals surface area contributed by atoms with E-state index in [2.05, 4.69) is 28.8 Å². The third kappa shape index (κ3) is 3.56. The van der Waals surface area contributed by atoms with E-state index in [1.807, 2.05) is 13.0 Å². The smallest absolute Gasteiger partial charge is 0.129 e. The summed E-state index contributed by atoms with van der Waals surface area (Å²) in [6.45, 7) is 8.72. The van der Waals surface area contributed by atoms with Gasteiger partial charge in [-0.25, -0.2) is 9.97 Å². The lowest BCUT2D eigenvalue weighted by Crippen LogP contribution is -2.04. The van der Waals surface area contributed by atoms with Crippen molar-refractivity contribution in [1.82, 2.24) is 9.97 Å². The molecule has 14 heavy (non-hydrogen) atoms. The number of nitrogens with zero attached hydrogens (tertiary/aromatic N) is 2. The van der Waals surface area contributed by atoms with Gasteiger partial charge in [0.25, 0.3) is 0 Å². The van der Waals surface area contributed by atoms with Crippen molar-refractivity contribution < 1.29 is 0 Å². The first-order valence-electron chi connectivity index (χ1n) is 4.91. The molecule has 1 N–H and O–H groups in total. The third-order valence-electron chi connectivity index (χ3n) is 1.80. The Hall–Kier alpha value is -1.38. The lowest BCUT2D eigenvalue weighted by molar-refractivity contribution is 0.872. The van der Waals surface area contributed by atoms with Crippen LogP contribution in [0.5, 0.6) is 0 Å². The molecular formula is C11H17N3. The monoisotopic (exact) mass is 191 g/mol. The van der Waals surface area contributed by atoms with E-state index in [4.69, 9.17) is 0 Å². The van der Waals surface area contributed by atoms with Gasteiger partial charge in [-0.3, -0.25) is 0 Å². The van der Waals surface area contributed by atoms with Crippen molar-refractivity contribution in [3.8, 4) is 0 Å². The van der Waals surface area contributed by atoms with Crippen molar-refractivity contribution in [2.45, 2.75) is 26.7 Å². The number of hydrogen-bond acceptors (Lipinski definition) is 3. The summed E-state index contributed by atoms with van der Waals surface area (Å²) < 4.78 is 0. The van der Waals surface area contributed by atoms with Crippen LogP contribution in [0.3, 0.4) is 0 Å². The molecule has 0 spiro atoms. The van der Waals surface area contributed by atoms with Gasteiger partial charge in [-0.2, -0.15) is 0 Å². The van der Waals surface area contributed by atoms with E-state index < -0.39 is 0 Å². The second kappa shape index (κ2) is 5.37. The molecule has 3 heteroatoms. The van der Waals surface area contributed by atoms with Crippen LogP contribution in [0.2, 0.25) is 0 Å². The van der Waals surface area contributed by atoms with Crippen LogP contribution >= 0.6 is 0 Å². The molecule has 3 nitrogen and oxygen atoms in total. The highest BCUT2D eigenvalue weighted by atomic mass is 15.0. The maximum Gasteiger partial charge on any atom is 0.129 e. The summed E-state index contributed by atoms with van der Waals surface area (Å²) in [4.78, 5) is 8.31. The Morgan fingerprint density at radius 3 is 2.93 bits per heavy atom. The predicted molar refractivity (Wildman–Crippen MR) is 59.3 cm³/mol. The molecule has 0 aliphatic rings. The molecule has 0 unspecified atom stereocenters. The van der Waals surface area contributed by atoms with Crippen molar-refractivity contribution >= 4 is 5.82 Å². The molecule has 1 aromatic heterocycles. The van der Waals surface area contributed by atoms with E-state index in [1.54, 1.807) is 6.33 Å². The number of rotatable bonds is 5. The van der Waals surface area contributed by atoms with Gasteiger partial charge in [-0.1, -0.05) is 25.5 Å². The molecule has 0 radical (unpaired) electrons. The maximum atomic E-state index is 4.18. The Bertz CT molecular complexity index is 307. The van der Waals surface area contributed by atoms with Crippen LogP contribution in [0.4, 0.5) is 5.82 Å². The molecule has 0 aromatic carbocycles. The Morgan fingerprint density at radius 2 is 2.29 bits per heavy atom. The van der Waals surface area contributed by atoms with Crippen molar-refractivity contribution in [1.29, 1.82) is 0 Å². The average molecular weight is 191 g/mol. The zero-order chi connectivity index (χ0) is 10.4. The van der Waals surface area contributed by atoms with Crippen LogP contribution in [0, 0.1) is 0 Å². The fraction of sp³-hybridized carbons (Fsp3) is 0.455. The largest absolute Gasteiger partial charge is 0.366 e. The number of aryl methyl sites for hydroxylation is 1. The van der Waals surface area contributed by atoms with Gasteiger partial charge in [-0.15, -0.1) is 0 Å². The number of anilines is 1. The first-order chi connectivity index (χ1) is 6.72. The summed E-state index contributed by atoms with van der Waals surface area (Å²) in [6.07, 6.45) is 3.72. The van der Waals surface area contributed by atoms with Crippen LogP contribution in [0.25, 0.3) is 0 Å². The minimum atomic E-state index is 0.766. The molecule has 0 fully saturated rings. The fourth-order valence-electron chi connectivity index (χ4n) is 1.13. The maximum absolute atomic E-state index is 4.18. The van der Waals surface area contributed by atoms with Gasteiger partial charge in [0.1, 0.15) is 12.1 Å². The van der Waals surface area contributed by atoms with Crippen LogP contribution in [-0.4, -0.2) is 16.5 Å². The topological polar surface area (TPSA) is 37.8 Å². The molecule has 76 valence electrons. The minimum Gasteiger partial charge on any atom is -0.366 e. The van der Waals surface area contributed by atoms with Crippen molar-refractivity contribution in [3.05, 3.63) is 30.2 Å². The van der Waals surface area contributed by atoms with Crippen LogP contribution in [0.15, 0.2) is 24.5 Å². The highest BCUT2D eigenvalue weighted by Gasteiger charge is 1.96. The zero-order valence-corrected chi connectivity index (χ0v) is 8.88. The molecule has 1 aromatic rings. The Balaban J connectivity index is 2.58. The Labute approximate surface area is 85.3 Å². The van der Waals surface area contributed by atoms with Gasteiger partial charge < -0.3 is 5.32 Å². The molecular weight excluding hydrogens is 174 g/mol. The minimum absolute atomic E-state index is 0.766. The number of nitrogens with one attached hydrogen (secondary N) is 1. The second-order valence-corrected chi connectivity index (χ2v) is 3.46. The first kappa shape index (κ1) is 10.7. The van der Waals surface area contributed by atoms with Gasteiger partial charge >= 0.3 is 0 Å². The fourth-order valence-corrected chi connectivity index (χ4v) is 1.13. The van der Waals surface area contributed by atoms with Crippen molar-refractivity contribution in [3.63, 3.8) is 0 Å². The van der Waals surface area contributed by atoms with E-state index >= 15 is 0 Å². The third-order valence-corrected chi connectivity index (χ3v) is 1.80. The molecule has 0 saturated heterocycles. The molecule has 0 aliphatic carbocycles. The Morgan fingerprint density at radius 1 is 1.50 bits per heavy atom. The van der Waals surface area contributed by atoms with E-state index in [-0.39, 0.29) is 0 Å². The molecule has 0 saturated carbocycles. The molecule has 0 aliphatic heterocycles. The molecule has 0 amide bonds. The quantitative estimate of drug-likeness (QED) is 0.726. The van der Waals surface area contributed by atoms with E-state index in [9.17, 15) is 0 Å². The summed E-state index contributed by atoms with van der Waals surface area (Å²) in [5.74, 6) is 0.881. The molecule has 0 atom stereocenters. The van der Waals surface area contributed by atoms with Gasteiger partial charge in [0, 0.05) is 18.3 Å². The van der Waals surface area contributed by atoms with Gasteiger partial charge in [0.2, 0.25) is 0 Å². The summed E-state index contributed by atoms with van der Waals surface area (Å²) in [6, 6.07) is 1.99. The normalized spacial score (nSPS) is 9.86. The zero-order valence-electron chi connectivity index (χ0n) is 8.88. The standard InChI is InChI=1S/C11H17N3/c1-4-5-10-6-11(14-8-13-10)12-7-9(2)3/h6,8H,2,4-5,7H2,1,3H3,(H,12,13,14). The van der Waals surface area contributed by atoms with Crippen molar-refractivity contribution in [2.24, 2.45) is 0 Å². The second-order valence-electron chi connectivity index (χ2n) is 3.46. The SMILES string of the molecule is C=C(C)CNc1cc(CCC)ncn1. The van der Waals surface area contributed by atoms with Gasteiger partial charge in [0.05, 0.1) is 0 Å². The highest BCUT2D eigenvalue weighted by molar-refractivity contribution is 5.36. The summed E-state index contributed by atoms with van der Waals surface area (Å²) in [5, 5.41) is 3.19. The predicted octanol–water partition coefficient (Wildman–Crippen LogP) is 2.42. The van der Waals surface area contributed by atoms with Crippen LogP contribution in [0.1, 0.15) is 26.0 Å². The summed E-state index contributed by atoms with van der Waals surface area (Å²) >= 11 is 0. The first-order valence-corrected chi connectivity index (χ1v) is 4.91. The van der Waals surface area contributed by atoms with Crippen molar-refractivity contribution in [2.75, 3.05) is 11.9 Å². The van der Waals surface area contributed by atoms with E-state index in [1.165, 1.54) is 0 Å². The average Bonchev–Trinajstić information content (AvgIpc) is 2.16. The summed E-state index contributed by atoms with van der Waals surface area (Å²) in [5.41, 5.74) is 2.19. The van der Waals surface area contributed by atoms with Crippen LogP contribution in [-0.2, 0) is 6.42 Å². The van der Waals surface area contributed by atoms with Gasteiger partial charge in [-0.05, 0) is 13.3 Å². The lowest BCUT2D eigenvalue weighted by Gasteiger charge is -2.05. The van der Waals surface area contributed by atoms with E-state index in [0.717, 1.165) is 36.5 Å². The number of aromatic nitrogens is 2. The Kier molecular flexibility index (Phi) is 4.11. The molecule has 1 heterocycles.